The van der Waals surface area contributed by atoms with Crippen molar-refractivity contribution < 1.29 is 9.18 Å². The molecule has 1 aliphatic carbocycles. The maximum Gasteiger partial charge on any atom is 0.156 e. The SMILES string of the molecule is CC1(C)CC(=O)C=C(/C=C/c2ccc(F)cc2)C1. The Kier molecular flexibility index (Phi) is 3.46. The van der Waals surface area contributed by atoms with Gasteiger partial charge in [0, 0.05) is 6.42 Å². The van der Waals surface area contributed by atoms with Crippen molar-refractivity contribution in [2.45, 2.75) is 26.7 Å². The van der Waals surface area contributed by atoms with Crippen LogP contribution in [0.5, 0.6) is 0 Å². The highest BCUT2D eigenvalue weighted by Gasteiger charge is 2.26. The molecule has 0 saturated carbocycles. The molecule has 2 heteroatoms. The van der Waals surface area contributed by atoms with Gasteiger partial charge in [0.05, 0.1) is 0 Å². The Labute approximate surface area is 107 Å². The first-order chi connectivity index (χ1) is 8.44. The van der Waals surface area contributed by atoms with Crippen LogP contribution in [0.2, 0.25) is 0 Å². The summed E-state index contributed by atoms with van der Waals surface area (Å²) in [5.74, 6) is -0.0506. The average Bonchev–Trinajstić information content (AvgIpc) is 2.25. The first-order valence-corrected chi connectivity index (χ1v) is 6.12. The van der Waals surface area contributed by atoms with Gasteiger partial charge in [0.1, 0.15) is 5.82 Å². The third-order valence-corrected chi connectivity index (χ3v) is 3.04. The zero-order valence-corrected chi connectivity index (χ0v) is 10.7. The van der Waals surface area contributed by atoms with E-state index >= 15 is 0 Å². The highest BCUT2D eigenvalue weighted by atomic mass is 19.1. The number of benzene rings is 1. The predicted molar refractivity (Wildman–Crippen MR) is 71.5 cm³/mol. The van der Waals surface area contributed by atoms with Crippen molar-refractivity contribution in [1.29, 1.82) is 0 Å². The molecule has 1 aromatic rings. The van der Waals surface area contributed by atoms with E-state index in [1.807, 2.05) is 12.2 Å². The summed E-state index contributed by atoms with van der Waals surface area (Å²) in [6, 6.07) is 6.32. The number of hydrogen-bond donors (Lipinski definition) is 0. The van der Waals surface area contributed by atoms with Crippen molar-refractivity contribution in [1.82, 2.24) is 0 Å². The van der Waals surface area contributed by atoms with E-state index in [4.69, 9.17) is 0 Å². The summed E-state index contributed by atoms with van der Waals surface area (Å²) in [5, 5.41) is 0. The van der Waals surface area contributed by atoms with Crippen LogP contribution in [-0.4, -0.2) is 5.78 Å². The van der Waals surface area contributed by atoms with E-state index in [1.165, 1.54) is 12.1 Å². The normalized spacial score (nSPS) is 19.1. The Morgan fingerprint density at radius 2 is 1.78 bits per heavy atom. The minimum Gasteiger partial charge on any atom is -0.295 e. The van der Waals surface area contributed by atoms with E-state index in [0.29, 0.717) is 6.42 Å². The quantitative estimate of drug-likeness (QED) is 0.763. The molecule has 0 fully saturated rings. The highest BCUT2D eigenvalue weighted by Crippen LogP contribution is 2.34. The number of carbonyl (C=O) groups is 1. The summed E-state index contributed by atoms with van der Waals surface area (Å²) in [6.45, 7) is 4.20. The molecule has 0 radical (unpaired) electrons. The van der Waals surface area contributed by atoms with Gasteiger partial charge < -0.3 is 0 Å². The van der Waals surface area contributed by atoms with Crippen LogP contribution >= 0.6 is 0 Å². The molecule has 0 N–H and O–H groups in total. The molecule has 1 aromatic carbocycles. The number of allylic oxidation sites excluding steroid dienone is 3. The summed E-state index contributed by atoms with van der Waals surface area (Å²) >= 11 is 0. The molecule has 0 aromatic heterocycles. The lowest BCUT2D eigenvalue weighted by Crippen LogP contribution is -2.21. The summed E-state index contributed by atoms with van der Waals surface area (Å²) in [4.78, 5) is 11.6. The lowest BCUT2D eigenvalue weighted by atomic mass is 9.77. The lowest BCUT2D eigenvalue weighted by Gasteiger charge is -2.27. The second-order valence-corrected chi connectivity index (χ2v) is 5.59. The smallest absolute Gasteiger partial charge is 0.156 e. The molecule has 94 valence electrons. The van der Waals surface area contributed by atoms with Crippen LogP contribution in [0.25, 0.3) is 6.08 Å². The first kappa shape index (κ1) is 12.7. The molecule has 2 rings (SSSR count). The summed E-state index contributed by atoms with van der Waals surface area (Å²) in [5.41, 5.74) is 2.02. The van der Waals surface area contributed by atoms with Crippen molar-refractivity contribution in [3.63, 3.8) is 0 Å². The molecule has 0 bridgehead atoms. The number of halogens is 1. The van der Waals surface area contributed by atoms with Crippen molar-refractivity contribution in [3.8, 4) is 0 Å². The van der Waals surface area contributed by atoms with Crippen molar-refractivity contribution >= 4 is 11.9 Å². The Morgan fingerprint density at radius 1 is 1.11 bits per heavy atom. The molecule has 0 saturated heterocycles. The number of carbonyl (C=O) groups excluding carboxylic acids is 1. The Bertz CT molecular complexity index is 506. The number of hydrogen-bond acceptors (Lipinski definition) is 1. The molecule has 0 heterocycles. The zero-order valence-electron chi connectivity index (χ0n) is 10.7. The fourth-order valence-corrected chi connectivity index (χ4v) is 2.28. The van der Waals surface area contributed by atoms with E-state index in [1.54, 1.807) is 18.2 Å². The lowest BCUT2D eigenvalue weighted by molar-refractivity contribution is -0.116. The number of ketones is 1. The van der Waals surface area contributed by atoms with E-state index in [0.717, 1.165) is 17.6 Å². The fourth-order valence-electron chi connectivity index (χ4n) is 2.28. The Hall–Kier alpha value is -1.70. The molecule has 1 nitrogen and oxygen atoms in total. The highest BCUT2D eigenvalue weighted by molar-refractivity contribution is 5.92. The van der Waals surface area contributed by atoms with E-state index in [-0.39, 0.29) is 17.0 Å². The molecule has 0 amide bonds. The molecular weight excluding hydrogens is 227 g/mol. The van der Waals surface area contributed by atoms with Gasteiger partial charge in [0.2, 0.25) is 0 Å². The van der Waals surface area contributed by atoms with Crippen LogP contribution in [0.15, 0.2) is 42.0 Å². The van der Waals surface area contributed by atoms with E-state index in [2.05, 4.69) is 13.8 Å². The standard InChI is InChI=1S/C16H17FO/c1-16(2)10-13(9-15(18)11-16)4-3-12-5-7-14(17)8-6-12/h3-9H,10-11H2,1-2H3/b4-3+. The maximum atomic E-state index is 12.8. The van der Waals surface area contributed by atoms with E-state index in [9.17, 15) is 9.18 Å². The monoisotopic (exact) mass is 244 g/mol. The van der Waals surface area contributed by atoms with Gasteiger partial charge in [-0.1, -0.05) is 38.1 Å². The first-order valence-electron chi connectivity index (χ1n) is 6.12. The molecule has 0 spiro atoms. The zero-order chi connectivity index (χ0) is 13.2. The van der Waals surface area contributed by atoms with Crippen LogP contribution in [0.1, 0.15) is 32.3 Å². The predicted octanol–water partition coefficient (Wildman–Crippen LogP) is 4.15. The molecule has 0 aliphatic heterocycles. The maximum absolute atomic E-state index is 12.8. The van der Waals surface area contributed by atoms with Gasteiger partial charge >= 0.3 is 0 Å². The largest absolute Gasteiger partial charge is 0.295 e. The van der Waals surface area contributed by atoms with Gasteiger partial charge in [-0.3, -0.25) is 4.79 Å². The van der Waals surface area contributed by atoms with Gasteiger partial charge in [-0.05, 0) is 41.2 Å². The summed E-state index contributed by atoms with van der Waals surface area (Å²) in [6.07, 6.45) is 7.09. The third kappa shape index (κ3) is 3.39. The fraction of sp³-hybridized carbons (Fsp3) is 0.312. The van der Waals surface area contributed by atoms with Crippen LogP contribution in [0, 0.1) is 11.2 Å². The third-order valence-electron chi connectivity index (χ3n) is 3.04. The molecule has 0 unspecified atom stereocenters. The van der Waals surface area contributed by atoms with Crippen LogP contribution in [-0.2, 0) is 4.79 Å². The topological polar surface area (TPSA) is 17.1 Å². The number of rotatable bonds is 2. The Morgan fingerprint density at radius 3 is 2.39 bits per heavy atom. The van der Waals surface area contributed by atoms with Crippen LogP contribution < -0.4 is 0 Å². The van der Waals surface area contributed by atoms with Gasteiger partial charge in [0.25, 0.3) is 0 Å². The van der Waals surface area contributed by atoms with Crippen molar-refractivity contribution in [2.75, 3.05) is 0 Å². The second kappa shape index (κ2) is 4.89. The minimum atomic E-state index is -0.236. The van der Waals surface area contributed by atoms with Crippen molar-refractivity contribution in [3.05, 3.63) is 53.4 Å². The molecule has 18 heavy (non-hydrogen) atoms. The summed E-state index contributed by atoms with van der Waals surface area (Å²) < 4.78 is 12.8. The molecule has 1 aliphatic rings. The second-order valence-electron chi connectivity index (χ2n) is 5.59. The van der Waals surface area contributed by atoms with Crippen LogP contribution in [0.4, 0.5) is 4.39 Å². The summed E-state index contributed by atoms with van der Waals surface area (Å²) in [7, 11) is 0. The van der Waals surface area contributed by atoms with Gasteiger partial charge in [-0.15, -0.1) is 0 Å². The van der Waals surface area contributed by atoms with Gasteiger partial charge in [-0.2, -0.15) is 0 Å². The average molecular weight is 244 g/mol. The Balaban J connectivity index is 2.14. The minimum absolute atomic E-state index is 0.0360. The molecule has 0 atom stereocenters. The van der Waals surface area contributed by atoms with E-state index < -0.39 is 0 Å². The van der Waals surface area contributed by atoms with Crippen molar-refractivity contribution in [2.24, 2.45) is 5.41 Å². The van der Waals surface area contributed by atoms with Gasteiger partial charge in [-0.25, -0.2) is 4.39 Å². The molecular formula is C16H17FO. The van der Waals surface area contributed by atoms with Crippen LogP contribution in [0.3, 0.4) is 0 Å². The van der Waals surface area contributed by atoms with Gasteiger partial charge in [0.15, 0.2) is 5.78 Å².